The molecule has 1 saturated heterocycles. The van der Waals surface area contributed by atoms with E-state index in [0.717, 1.165) is 55.1 Å². The fraction of sp³-hybridized carbons (Fsp3) is 0.333. The van der Waals surface area contributed by atoms with E-state index in [-0.39, 0.29) is 5.91 Å². The highest BCUT2D eigenvalue weighted by Gasteiger charge is 2.42. The van der Waals surface area contributed by atoms with Crippen LogP contribution in [0.15, 0.2) is 84.6 Å². The van der Waals surface area contributed by atoms with Crippen LogP contribution in [0.25, 0.3) is 0 Å². The first-order valence-corrected chi connectivity index (χ1v) is 11.4. The first-order valence-electron chi connectivity index (χ1n) is 11.4. The summed E-state index contributed by atoms with van der Waals surface area (Å²) in [5.41, 5.74) is 2.09. The molecule has 1 aromatic carbocycles. The Labute approximate surface area is 195 Å². The largest absolute Gasteiger partial charge is 0.497 e. The number of rotatable bonds is 6. The SMILES string of the molecule is COC1=CC=CCC=C1N1CCCC(C(=O)Nc2cccnc2)(c2cccc(OC)c2)CC1. The topological polar surface area (TPSA) is 63.7 Å². The molecular formula is C27H31N3O3. The fourth-order valence-corrected chi connectivity index (χ4v) is 4.69. The minimum absolute atomic E-state index is 0.00961. The van der Waals surface area contributed by atoms with Gasteiger partial charge in [0.1, 0.15) is 11.5 Å². The predicted octanol–water partition coefficient (Wildman–Crippen LogP) is 4.83. The van der Waals surface area contributed by atoms with E-state index in [2.05, 4.69) is 27.4 Å². The van der Waals surface area contributed by atoms with Gasteiger partial charge in [0.05, 0.1) is 37.2 Å². The molecule has 0 radical (unpaired) electrons. The highest BCUT2D eigenvalue weighted by molar-refractivity contribution is 5.99. The van der Waals surface area contributed by atoms with Crippen molar-refractivity contribution in [2.45, 2.75) is 31.1 Å². The summed E-state index contributed by atoms with van der Waals surface area (Å²) in [5, 5.41) is 3.12. The van der Waals surface area contributed by atoms with Crippen molar-refractivity contribution in [3.05, 3.63) is 90.1 Å². The van der Waals surface area contributed by atoms with Crippen LogP contribution in [0.4, 0.5) is 5.69 Å². The molecule has 33 heavy (non-hydrogen) atoms. The van der Waals surface area contributed by atoms with Gasteiger partial charge in [-0.2, -0.15) is 0 Å². The van der Waals surface area contributed by atoms with Crippen LogP contribution in [0.1, 0.15) is 31.2 Å². The Morgan fingerprint density at radius 2 is 2.03 bits per heavy atom. The minimum Gasteiger partial charge on any atom is -0.497 e. The molecule has 2 aliphatic rings. The molecule has 1 aromatic heterocycles. The Hall–Kier alpha value is -3.54. The first kappa shape index (κ1) is 22.6. The first-order chi connectivity index (χ1) is 16.2. The highest BCUT2D eigenvalue weighted by atomic mass is 16.5. The molecule has 0 bridgehead atoms. The van der Waals surface area contributed by atoms with Crippen LogP contribution < -0.4 is 10.1 Å². The second kappa shape index (κ2) is 10.4. The summed E-state index contributed by atoms with van der Waals surface area (Å²) in [6, 6.07) is 11.6. The summed E-state index contributed by atoms with van der Waals surface area (Å²) in [6.07, 6.45) is 14.9. The molecule has 2 heterocycles. The Morgan fingerprint density at radius 1 is 1.12 bits per heavy atom. The van der Waals surface area contributed by atoms with Gasteiger partial charge in [-0.05, 0) is 61.6 Å². The number of carbonyl (C=O) groups is 1. The highest BCUT2D eigenvalue weighted by Crippen LogP contribution is 2.39. The number of carbonyl (C=O) groups excluding carboxylic acids is 1. The summed E-state index contributed by atoms with van der Waals surface area (Å²) < 4.78 is 11.2. The number of amides is 1. The Bertz CT molecular complexity index is 1060. The number of aromatic nitrogens is 1. The van der Waals surface area contributed by atoms with Crippen LogP contribution >= 0.6 is 0 Å². The van der Waals surface area contributed by atoms with Crippen LogP contribution in [0.2, 0.25) is 0 Å². The molecule has 0 saturated carbocycles. The lowest BCUT2D eigenvalue weighted by Gasteiger charge is -2.33. The molecule has 1 aliphatic heterocycles. The van der Waals surface area contributed by atoms with Crippen molar-refractivity contribution in [2.75, 3.05) is 32.6 Å². The molecular weight excluding hydrogens is 414 g/mol. The van der Waals surface area contributed by atoms with Gasteiger partial charge < -0.3 is 19.7 Å². The number of likely N-dealkylation sites (tertiary alicyclic amines) is 1. The van der Waals surface area contributed by atoms with E-state index in [1.54, 1.807) is 26.6 Å². The molecule has 1 fully saturated rings. The maximum atomic E-state index is 13.8. The zero-order valence-corrected chi connectivity index (χ0v) is 19.3. The predicted molar refractivity (Wildman–Crippen MR) is 130 cm³/mol. The average molecular weight is 446 g/mol. The van der Waals surface area contributed by atoms with Crippen LogP contribution in [0, 0.1) is 0 Å². The molecule has 1 amide bonds. The number of nitrogens with one attached hydrogen (secondary N) is 1. The number of hydrogen-bond acceptors (Lipinski definition) is 5. The van der Waals surface area contributed by atoms with Crippen LogP contribution in [-0.2, 0) is 14.9 Å². The fourth-order valence-electron chi connectivity index (χ4n) is 4.69. The minimum atomic E-state index is -0.681. The van der Waals surface area contributed by atoms with Gasteiger partial charge in [-0.3, -0.25) is 9.78 Å². The van der Waals surface area contributed by atoms with Crippen LogP contribution in [0.3, 0.4) is 0 Å². The normalized spacial score (nSPS) is 20.7. The second-order valence-electron chi connectivity index (χ2n) is 8.34. The number of ether oxygens (including phenoxy) is 2. The van der Waals surface area contributed by atoms with Gasteiger partial charge in [0.2, 0.25) is 5.91 Å². The van der Waals surface area contributed by atoms with E-state index in [9.17, 15) is 4.79 Å². The van der Waals surface area contributed by atoms with Crippen molar-refractivity contribution in [3.8, 4) is 5.75 Å². The van der Waals surface area contributed by atoms with Gasteiger partial charge >= 0.3 is 0 Å². The van der Waals surface area contributed by atoms with E-state index in [1.165, 1.54) is 0 Å². The van der Waals surface area contributed by atoms with E-state index in [0.29, 0.717) is 12.1 Å². The van der Waals surface area contributed by atoms with E-state index in [1.807, 2.05) is 48.6 Å². The zero-order valence-electron chi connectivity index (χ0n) is 19.3. The van der Waals surface area contributed by atoms with Gasteiger partial charge in [0.15, 0.2) is 0 Å². The third-order valence-corrected chi connectivity index (χ3v) is 6.46. The van der Waals surface area contributed by atoms with E-state index >= 15 is 0 Å². The van der Waals surface area contributed by atoms with Crippen molar-refractivity contribution < 1.29 is 14.3 Å². The molecule has 6 nitrogen and oxygen atoms in total. The standard InChI is InChI=1S/C27H31N3O3/c1-32-23-11-6-9-21(19-23)27(26(31)29-22-10-7-16-28-20-22)14-8-17-30(18-15-27)24-12-4-3-5-13-25(24)33-2/h3,5-7,9-13,16,19-20H,4,8,14-15,17-18H2,1-2H3,(H,29,31). The molecule has 1 atom stereocenters. The number of anilines is 1. The molecule has 172 valence electrons. The number of nitrogens with zero attached hydrogens (tertiary/aromatic N) is 2. The quantitative estimate of drug-likeness (QED) is 0.690. The van der Waals surface area contributed by atoms with Crippen molar-refractivity contribution in [1.29, 1.82) is 0 Å². The Morgan fingerprint density at radius 3 is 2.82 bits per heavy atom. The summed E-state index contributed by atoms with van der Waals surface area (Å²) in [4.78, 5) is 20.3. The Balaban J connectivity index is 1.66. The van der Waals surface area contributed by atoms with E-state index < -0.39 is 5.41 Å². The van der Waals surface area contributed by atoms with Gasteiger partial charge in [-0.1, -0.05) is 30.4 Å². The van der Waals surface area contributed by atoms with Crippen LogP contribution in [0.5, 0.6) is 5.75 Å². The summed E-state index contributed by atoms with van der Waals surface area (Å²) in [7, 11) is 3.36. The molecule has 6 heteroatoms. The molecule has 1 aliphatic carbocycles. The van der Waals surface area contributed by atoms with Crippen molar-refractivity contribution in [2.24, 2.45) is 0 Å². The maximum absolute atomic E-state index is 13.8. The molecule has 4 rings (SSSR count). The lowest BCUT2D eigenvalue weighted by atomic mass is 9.73. The van der Waals surface area contributed by atoms with Gasteiger partial charge in [-0.15, -0.1) is 0 Å². The average Bonchev–Trinajstić information content (AvgIpc) is 3.24. The van der Waals surface area contributed by atoms with Crippen molar-refractivity contribution >= 4 is 11.6 Å². The van der Waals surface area contributed by atoms with Crippen molar-refractivity contribution in [1.82, 2.24) is 9.88 Å². The van der Waals surface area contributed by atoms with Crippen LogP contribution in [-0.4, -0.2) is 43.1 Å². The van der Waals surface area contributed by atoms with Gasteiger partial charge in [0.25, 0.3) is 0 Å². The Kier molecular flexibility index (Phi) is 7.13. The second-order valence-corrected chi connectivity index (χ2v) is 8.34. The number of benzene rings is 1. The third kappa shape index (κ3) is 4.95. The smallest absolute Gasteiger partial charge is 0.235 e. The summed E-state index contributed by atoms with van der Waals surface area (Å²) in [5.74, 6) is 1.60. The van der Waals surface area contributed by atoms with Crippen molar-refractivity contribution in [3.63, 3.8) is 0 Å². The molecule has 0 spiro atoms. The molecule has 1 unspecified atom stereocenters. The zero-order chi connectivity index (χ0) is 23.1. The lowest BCUT2D eigenvalue weighted by molar-refractivity contribution is -0.122. The lowest BCUT2D eigenvalue weighted by Crippen LogP contribution is -2.41. The molecule has 2 aromatic rings. The number of pyridine rings is 1. The summed E-state index contributed by atoms with van der Waals surface area (Å²) >= 11 is 0. The third-order valence-electron chi connectivity index (χ3n) is 6.46. The van der Waals surface area contributed by atoms with Gasteiger partial charge in [0, 0.05) is 19.3 Å². The monoisotopic (exact) mass is 445 g/mol. The number of allylic oxidation sites excluding steroid dienone is 4. The number of methoxy groups -OCH3 is 2. The van der Waals surface area contributed by atoms with E-state index in [4.69, 9.17) is 9.47 Å². The van der Waals surface area contributed by atoms with Gasteiger partial charge in [-0.25, -0.2) is 0 Å². The molecule has 1 N–H and O–H groups in total. The maximum Gasteiger partial charge on any atom is 0.235 e. The summed E-state index contributed by atoms with van der Waals surface area (Å²) in [6.45, 7) is 1.60. The number of hydrogen-bond donors (Lipinski definition) is 1.